The zero-order valence-electron chi connectivity index (χ0n) is 29.2. The van der Waals surface area contributed by atoms with E-state index in [0.717, 1.165) is 0 Å². The van der Waals surface area contributed by atoms with Crippen molar-refractivity contribution in [2.45, 2.75) is 67.5 Å². The molecule has 240 valence electrons. The van der Waals surface area contributed by atoms with Crippen LogP contribution in [-0.2, 0) is 0 Å². The molecule has 0 bridgehead atoms. The average Bonchev–Trinajstić information content (AvgIpc) is 3.06. The summed E-state index contributed by atoms with van der Waals surface area (Å²) < 4.78 is 0.343. The Balaban J connectivity index is 1.53. The monoisotopic (exact) mass is 856 g/mol. The molecule has 0 nitrogen and oxygen atoms in total. The summed E-state index contributed by atoms with van der Waals surface area (Å²) in [6.45, 7) is 17.8. The van der Waals surface area contributed by atoms with Crippen LogP contribution in [0, 0.1) is 55.4 Å². The molecule has 6 aromatic rings. The van der Waals surface area contributed by atoms with Crippen LogP contribution in [0.2, 0.25) is 0 Å². The molecule has 0 heterocycles. The van der Waals surface area contributed by atoms with Crippen molar-refractivity contribution in [1.29, 1.82) is 0 Å². The van der Waals surface area contributed by atoms with E-state index in [1.807, 2.05) is 23.5 Å². The first-order valence-corrected chi connectivity index (χ1v) is 20.3. The van der Waals surface area contributed by atoms with Crippen molar-refractivity contribution >= 4 is 48.2 Å². The van der Waals surface area contributed by atoms with Crippen molar-refractivity contribution in [2.75, 3.05) is 0 Å². The molecule has 2 radical (unpaired) electrons. The Kier molecular flexibility index (Phi) is 10.7. The Bertz CT molecular complexity index is 1850. The molecule has 0 fully saturated rings. The molecular weight excluding hydrogens is 814 g/mol. The van der Waals surface area contributed by atoms with Crippen LogP contribution in [0.1, 0.15) is 44.5 Å². The predicted octanol–water partition coefficient (Wildman–Crippen LogP) is 13.2. The summed E-state index contributed by atoms with van der Waals surface area (Å²) in [6.07, 6.45) is 0. The topological polar surface area (TPSA) is 0 Å². The molecule has 3 heteroatoms. The number of aryl methyl sites for hydroxylation is 8. The van der Waals surface area contributed by atoms with Crippen LogP contribution in [0.15, 0.2) is 119 Å². The second kappa shape index (κ2) is 14.8. The average molecular weight is 857 g/mol. The number of rotatable bonds is 8. The third kappa shape index (κ3) is 7.40. The third-order valence-corrected chi connectivity index (χ3v) is 14.0. The van der Waals surface area contributed by atoms with Gasteiger partial charge in [-0.05, 0) is 0 Å². The number of thioether (sulfide) groups is 2. The van der Waals surface area contributed by atoms with Crippen LogP contribution in [0.4, 0.5) is 0 Å². The van der Waals surface area contributed by atoms with E-state index in [1.54, 1.807) is 0 Å². The zero-order chi connectivity index (χ0) is 34.1. The van der Waals surface area contributed by atoms with Gasteiger partial charge in [-0.1, -0.05) is 0 Å². The molecule has 0 spiro atoms. The summed E-state index contributed by atoms with van der Waals surface area (Å²) in [4.78, 5) is 2.75. The molecule has 48 heavy (non-hydrogen) atoms. The standard InChI is InChI=1S/C45H43S2.Bi/c1-28-15-19-32(5)40(23-28)36-11-9-12-37(41-24-29(2)16-20-33(41)6)44(36)46-27-47-45-38(42-25-30(3)17-21-34(42)7)13-10-14-39(45)43-26-31(4)18-22-35(43)8;/h9-27H,1-8H3;. The zero-order valence-corrected chi connectivity index (χ0v) is 34.3. The summed E-state index contributed by atoms with van der Waals surface area (Å²) in [6, 6.07) is 41.3. The fourth-order valence-corrected chi connectivity index (χ4v) is 11.4. The van der Waals surface area contributed by atoms with Crippen molar-refractivity contribution in [1.82, 2.24) is 0 Å². The van der Waals surface area contributed by atoms with Crippen LogP contribution in [0.3, 0.4) is 0 Å². The van der Waals surface area contributed by atoms with Crippen LogP contribution < -0.4 is 0 Å². The first-order valence-electron chi connectivity index (χ1n) is 16.6. The van der Waals surface area contributed by atoms with Gasteiger partial charge in [0.15, 0.2) is 0 Å². The molecule has 0 amide bonds. The summed E-state index contributed by atoms with van der Waals surface area (Å²) in [5, 5.41) is 0. The Hall–Kier alpha value is -3.10. The maximum atomic E-state index is 2.36. The maximum absolute atomic E-state index is 2.36. The first-order chi connectivity index (χ1) is 23.0. The second-order valence-corrected chi connectivity index (χ2v) is 20.6. The summed E-state index contributed by atoms with van der Waals surface area (Å²) in [7, 11) is 0. The molecular formula is C45H43BiS2. The second-order valence-electron chi connectivity index (χ2n) is 13.2. The first kappa shape index (κ1) is 34.8. The number of hydrogen-bond donors (Lipinski definition) is 0. The van der Waals surface area contributed by atoms with Crippen LogP contribution in [-0.4, -0.2) is 27.0 Å². The normalized spacial score (nSPS) is 11.4. The fourth-order valence-electron chi connectivity index (χ4n) is 6.51. The van der Waals surface area contributed by atoms with Crippen molar-refractivity contribution < 1.29 is 0 Å². The minimum atomic E-state index is 0.343. The molecule has 0 N–H and O–H groups in total. The molecule has 0 atom stereocenters. The van der Waals surface area contributed by atoms with E-state index in [9.17, 15) is 0 Å². The van der Waals surface area contributed by atoms with Crippen molar-refractivity contribution in [3.63, 3.8) is 0 Å². The predicted molar refractivity (Wildman–Crippen MR) is 214 cm³/mol. The SMILES string of the molecule is Cc1ccc(C)c(-c2cccc(-c3cc(C)ccc3C)c2S[CH]([Bi])Sc2c(-c3cc(C)ccc3C)cccc2-c2cc(C)ccc2C)c1. The molecule has 6 rings (SSSR count). The van der Waals surface area contributed by atoms with Gasteiger partial charge in [-0.15, -0.1) is 0 Å². The van der Waals surface area contributed by atoms with Gasteiger partial charge in [0.2, 0.25) is 0 Å². The van der Waals surface area contributed by atoms with Crippen LogP contribution in [0.5, 0.6) is 0 Å². The van der Waals surface area contributed by atoms with Crippen LogP contribution >= 0.6 is 23.5 Å². The number of hydrogen-bond acceptors (Lipinski definition) is 2. The van der Waals surface area contributed by atoms with E-state index in [1.165, 1.54) is 124 Å². The summed E-state index contributed by atoms with van der Waals surface area (Å²) in [5.41, 5.74) is 21.0. The number of benzene rings is 6. The third-order valence-electron chi connectivity index (χ3n) is 9.20. The molecule has 0 unspecified atom stereocenters. The molecule has 6 aromatic carbocycles. The minimum absolute atomic E-state index is 0.343. The Morgan fingerprint density at radius 2 is 0.604 bits per heavy atom. The molecule has 0 saturated carbocycles. The Labute approximate surface area is 311 Å². The van der Waals surface area contributed by atoms with Gasteiger partial charge < -0.3 is 0 Å². The van der Waals surface area contributed by atoms with Gasteiger partial charge in [-0.25, -0.2) is 0 Å². The molecule has 0 aliphatic rings. The molecule has 0 aliphatic carbocycles. The Morgan fingerprint density at radius 3 is 0.854 bits per heavy atom. The van der Waals surface area contributed by atoms with Gasteiger partial charge in [0, 0.05) is 0 Å². The van der Waals surface area contributed by atoms with Gasteiger partial charge in [0.05, 0.1) is 0 Å². The van der Waals surface area contributed by atoms with E-state index in [2.05, 4.69) is 165 Å². The van der Waals surface area contributed by atoms with Crippen molar-refractivity contribution in [3.05, 3.63) is 154 Å². The van der Waals surface area contributed by atoms with Gasteiger partial charge in [-0.3, -0.25) is 0 Å². The molecule has 0 aliphatic heterocycles. The summed E-state index contributed by atoms with van der Waals surface area (Å²) >= 11 is 5.38. The van der Waals surface area contributed by atoms with E-state index < -0.39 is 0 Å². The van der Waals surface area contributed by atoms with Gasteiger partial charge in [0.1, 0.15) is 0 Å². The van der Waals surface area contributed by atoms with Crippen molar-refractivity contribution in [3.8, 4) is 44.5 Å². The van der Waals surface area contributed by atoms with Crippen molar-refractivity contribution in [2.24, 2.45) is 0 Å². The Morgan fingerprint density at radius 1 is 0.354 bits per heavy atom. The molecule has 0 aromatic heterocycles. The van der Waals surface area contributed by atoms with Gasteiger partial charge >= 0.3 is 314 Å². The van der Waals surface area contributed by atoms with E-state index >= 15 is 0 Å². The van der Waals surface area contributed by atoms with Gasteiger partial charge in [-0.2, -0.15) is 0 Å². The van der Waals surface area contributed by atoms with E-state index in [4.69, 9.17) is 0 Å². The van der Waals surface area contributed by atoms with E-state index in [0.29, 0.717) is 2.29 Å². The van der Waals surface area contributed by atoms with Gasteiger partial charge in [0.25, 0.3) is 0 Å². The fraction of sp³-hybridized carbons (Fsp3) is 0.200. The van der Waals surface area contributed by atoms with Crippen LogP contribution in [0.25, 0.3) is 44.5 Å². The summed E-state index contributed by atoms with van der Waals surface area (Å²) in [5.74, 6) is 0. The van der Waals surface area contributed by atoms with E-state index in [-0.39, 0.29) is 0 Å². The molecule has 0 saturated heterocycles. The quantitative estimate of drug-likeness (QED) is 0.0850.